The van der Waals surface area contributed by atoms with Crippen molar-refractivity contribution in [1.82, 2.24) is 9.55 Å². The average Bonchev–Trinajstić information content (AvgIpc) is 2.74. The van der Waals surface area contributed by atoms with E-state index in [2.05, 4.69) is 4.98 Å². The van der Waals surface area contributed by atoms with Crippen molar-refractivity contribution >= 4 is 0 Å². The molecule has 0 spiro atoms. The number of nitrogens with zero attached hydrogens (tertiary/aromatic N) is 4. The maximum absolute atomic E-state index is 13.4. The van der Waals surface area contributed by atoms with Crippen molar-refractivity contribution in [1.29, 1.82) is 10.5 Å². The summed E-state index contributed by atoms with van der Waals surface area (Å²) in [6.07, 6.45) is 1.28. The second kappa shape index (κ2) is 4.64. The zero-order valence-electron chi connectivity index (χ0n) is 9.06. The fraction of sp³-hybridized carbons (Fsp3) is 0.0833. The largest absolute Gasteiger partial charge is 0.317 e. The molecule has 18 heavy (non-hydrogen) atoms. The first-order valence-electron chi connectivity index (χ1n) is 4.95. The molecule has 0 aliphatic heterocycles. The Morgan fingerprint density at radius 2 is 2.00 bits per heavy atom. The third-order valence-electron chi connectivity index (χ3n) is 2.41. The lowest BCUT2D eigenvalue weighted by Crippen LogP contribution is -2.04. The maximum atomic E-state index is 13.4. The van der Waals surface area contributed by atoms with Gasteiger partial charge in [0.1, 0.15) is 23.8 Å². The quantitative estimate of drug-likeness (QED) is 0.810. The number of halogens is 2. The number of aromatic nitrogens is 2. The molecule has 0 bridgehead atoms. The van der Waals surface area contributed by atoms with Crippen LogP contribution in [0.15, 0.2) is 24.5 Å². The minimum absolute atomic E-state index is 0.0139. The summed E-state index contributed by atoms with van der Waals surface area (Å²) >= 11 is 0. The molecule has 6 heteroatoms. The van der Waals surface area contributed by atoms with Crippen molar-refractivity contribution in [2.45, 2.75) is 6.54 Å². The fourth-order valence-corrected chi connectivity index (χ4v) is 1.53. The summed E-state index contributed by atoms with van der Waals surface area (Å²) in [5.41, 5.74) is 0.260. The van der Waals surface area contributed by atoms with E-state index >= 15 is 0 Å². The summed E-state index contributed by atoms with van der Waals surface area (Å²) in [6, 6.07) is 6.78. The van der Waals surface area contributed by atoms with Crippen molar-refractivity contribution < 1.29 is 8.78 Å². The minimum Gasteiger partial charge on any atom is -0.317 e. The van der Waals surface area contributed by atoms with E-state index in [-0.39, 0.29) is 23.5 Å². The third kappa shape index (κ3) is 2.04. The van der Waals surface area contributed by atoms with Gasteiger partial charge in [0.2, 0.25) is 0 Å². The molecule has 2 aromatic rings. The molecular weight excluding hydrogens is 238 g/mol. The Balaban J connectivity index is 2.38. The monoisotopic (exact) mass is 244 g/mol. The van der Waals surface area contributed by atoms with Gasteiger partial charge in [-0.05, 0) is 6.07 Å². The zero-order chi connectivity index (χ0) is 13.1. The topological polar surface area (TPSA) is 65.4 Å². The smallest absolute Gasteiger partial charge is 0.176 e. The number of rotatable bonds is 2. The summed E-state index contributed by atoms with van der Waals surface area (Å²) in [4.78, 5) is 3.73. The van der Waals surface area contributed by atoms with Crippen molar-refractivity contribution in [3.05, 3.63) is 53.1 Å². The van der Waals surface area contributed by atoms with Gasteiger partial charge in [-0.15, -0.1) is 0 Å². The van der Waals surface area contributed by atoms with Gasteiger partial charge >= 0.3 is 0 Å². The second-order valence-corrected chi connectivity index (χ2v) is 3.53. The van der Waals surface area contributed by atoms with Crippen molar-refractivity contribution in [3.8, 4) is 12.1 Å². The van der Waals surface area contributed by atoms with Crippen LogP contribution in [0.2, 0.25) is 0 Å². The first-order valence-corrected chi connectivity index (χ1v) is 4.95. The number of hydrogen-bond acceptors (Lipinski definition) is 3. The highest BCUT2D eigenvalue weighted by molar-refractivity contribution is 5.36. The highest BCUT2D eigenvalue weighted by atomic mass is 19.1. The van der Waals surface area contributed by atoms with E-state index in [1.54, 1.807) is 6.07 Å². The summed E-state index contributed by atoms with van der Waals surface area (Å²) in [6.45, 7) is 0.0175. The molecule has 1 heterocycles. The van der Waals surface area contributed by atoms with Crippen LogP contribution in [0.4, 0.5) is 8.78 Å². The lowest BCUT2D eigenvalue weighted by Gasteiger charge is -2.05. The molecule has 0 N–H and O–H groups in total. The highest BCUT2D eigenvalue weighted by Crippen LogP contribution is 2.13. The summed E-state index contributed by atoms with van der Waals surface area (Å²) < 4.78 is 27.5. The average molecular weight is 244 g/mol. The van der Waals surface area contributed by atoms with Crippen molar-refractivity contribution in [2.75, 3.05) is 0 Å². The molecule has 2 rings (SSSR count). The Morgan fingerprint density at radius 1 is 1.22 bits per heavy atom. The third-order valence-corrected chi connectivity index (χ3v) is 2.41. The molecule has 0 saturated carbocycles. The van der Waals surface area contributed by atoms with Crippen molar-refractivity contribution in [2.24, 2.45) is 0 Å². The van der Waals surface area contributed by atoms with Gasteiger partial charge in [-0.25, -0.2) is 13.8 Å². The molecule has 1 aromatic heterocycles. The van der Waals surface area contributed by atoms with Crippen LogP contribution in [0.3, 0.4) is 0 Å². The van der Waals surface area contributed by atoms with Gasteiger partial charge in [0.15, 0.2) is 11.4 Å². The Morgan fingerprint density at radius 3 is 2.61 bits per heavy atom. The van der Waals surface area contributed by atoms with Crippen LogP contribution < -0.4 is 0 Å². The van der Waals surface area contributed by atoms with Crippen LogP contribution in [0.5, 0.6) is 0 Å². The summed E-state index contributed by atoms with van der Waals surface area (Å²) in [5.74, 6) is -1.37. The van der Waals surface area contributed by atoms with Gasteiger partial charge in [-0.1, -0.05) is 6.07 Å². The second-order valence-electron chi connectivity index (χ2n) is 3.53. The molecule has 0 atom stereocenters. The summed E-state index contributed by atoms with van der Waals surface area (Å²) in [7, 11) is 0. The highest BCUT2D eigenvalue weighted by Gasteiger charge is 2.12. The Kier molecular flexibility index (Phi) is 3.03. The standard InChI is InChI=1S/C12H6F2N4/c13-9-2-1-8(10(14)3-9)6-18-7-17-11(4-15)12(18)5-16/h1-3,7H,6H2. The van der Waals surface area contributed by atoms with Gasteiger partial charge < -0.3 is 4.57 Å². The number of imidazole rings is 1. The minimum atomic E-state index is -0.703. The fourth-order valence-electron chi connectivity index (χ4n) is 1.53. The van der Waals surface area contributed by atoms with Crippen molar-refractivity contribution in [3.63, 3.8) is 0 Å². The van der Waals surface area contributed by atoms with Crippen LogP contribution in [-0.4, -0.2) is 9.55 Å². The van der Waals surface area contributed by atoms with E-state index in [1.165, 1.54) is 17.0 Å². The molecule has 0 radical (unpaired) electrons. The maximum Gasteiger partial charge on any atom is 0.176 e. The molecule has 0 aliphatic carbocycles. The SMILES string of the molecule is N#Cc1ncn(Cc2ccc(F)cc2F)c1C#N. The van der Waals surface area contributed by atoms with E-state index in [0.29, 0.717) is 0 Å². The Labute approximate surface area is 101 Å². The normalized spacial score (nSPS) is 9.78. The predicted octanol–water partition coefficient (Wildman–Crippen LogP) is 1.95. The Hall–Kier alpha value is -2.73. The molecule has 88 valence electrons. The van der Waals surface area contributed by atoms with Gasteiger partial charge in [0, 0.05) is 11.6 Å². The number of nitriles is 2. The van der Waals surface area contributed by atoms with E-state index in [1.807, 2.05) is 6.07 Å². The molecule has 1 aromatic carbocycles. The number of benzene rings is 1. The van der Waals surface area contributed by atoms with E-state index in [9.17, 15) is 8.78 Å². The van der Waals surface area contributed by atoms with E-state index in [4.69, 9.17) is 10.5 Å². The van der Waals surface area contributed by atoms with E-state index in [0.717, 1.165) is 12.1 Å². The van der Waals surface area contributed by atoms with Gasteiger partial charge in [0.25, 0.3) is 0 Å². The predicted molar refractivity (Wildman–Crippen MR) is 57.1 cm³/mol. The molecular formula is C12H6F2N4. The zero-order valence-corrected chi connectivity index (χ0v) is 9.06. The van der Waals surface area contributed by atoms with E-state index < -0.39 is 11.6 Å². The van der Waals surface area contributed by atoms with Crippen LogP contribution >= 0.6 is 0 Å². The van der Waals surface area contributed by atoms with Crippen LogP contribution in [0.1, 0.15) is 17.0 Å². The van der Waals surface area contributed by atoms with Gasteiger partial charge in [-0.2, -0.15) is 10.5 Å². The molecule has 0 amide bonds. The molecule has 0 aliphatic rings. The molecule has 4 nitrogen and oxygen atoms in total. The van der Waals surface area contributed by atoms with Crippen LogP contribution in [-0.2, 0) is 6.54 Å². The lowest BCUT2D eigenvalue weighted by molar-refractivity contribution is 0.565. The van der Waals surface area contributed by atoms with Crippen LogP contribution in [0, 0.1) is 34.3 Å². The number of hydrogen-bond donors (Lipinski definition) is 0. The Bertz CT molecular complexity index is 676. The first-order chi connectivity index (χ1) is 8.65. The summed E-state index contributed by atoms with van der Waals surface area (Å²) in [5, 5.41) is 17.6. The first kappa shape index (κ1) is 11.7. The molecule has 0 fully saturated rings. The molecule has 0 saturated heterocycles. The lowest BCUT2D eigenvalue weighted by atomic mass is 10.2. The van der Waals surface area contributed by atoms with Crippen LogP contribution in [0.25, 0.3) is 0 Å². The van der Waals surface area contributed by atoms with Gasteiger partial charge in [-0.3, -0.25) is 0 Å². The van der Waals surface area contributed by atoms with Gasteiger partial charge in [0.05, 0.1) is 12.9 Å². The molecule has 0 unspecified atom stereocenters.